The second-order valence-electron chi connectivity index (χ2n) is 5.51. The Morgan fingerprint density at radius 2 is 1.81 bits per heavy atom. The minimum atomic E-state index is 0.501. The van der Waals surface area contributed by atoms with Crippen LogP contribution in [0.3, 0.4) is 0 Å². The third-order valence-corrected chi connectivity index (χ3v) is 3.74. The Balaban J connectivity index is 2.39. The molecule has 0 spiro atoms. The van der Waals surface area contributed by atoms with E-state index >= 15 is 0 Å². The Labute approximate surface area is 127 Å². The second-order valence-corrected chi connectivity index (χ2v) is 5.51. The zero-order valence-corrected chi connectivity index (χ0v) is 13.4. The number of hydrogen-bond acceptors (Lipinski definition) is 3. The summed E-state index contributed by atoms with van der Waals surface area (Å²) in [5.74, 6) is 1.54. The van der Waals surface area contributed by atoms with Gasteiger partial charge in [-0.15, -0.1) is 0 Å². The van der Waals surface area contributed by atoms with Gasteiger partial charge in [0, 0.05) is 18.3 Å². The summed E-state index contributed by atoms with van der Waals surface area (Å²) in [5.41, 5.74) is 11.4. The molecule has 112 valence electrons. The summed E-state index contributed by atoms with van der Waals surface area (Å²) in [5, 5.41) is 0. The van der Waals surface area contributed by atoms with Crippen LogP contribution in [0, 0.1) is 20.8 Å². The number of pyridine rings is 1. The summed E-state index contributed by atoms with van der Waals surface area (Å²) in [7, 11) is 0. The van der Waals surface area contributed by atoms with Crippen molar-refractivity contribution in [1.82, 2.24) is 4.98 Å². The Hall–Kier alpha value is -1.87. The monoisotopic (exact) mass is 284 g/mol. The van der Waals surface area contributed by atoms with Crippen molar-refractivity contribution >= 4 is 0 Å². The molecule has 0 bridgehead atoms. The van der Waals surface area contributed by atoms with E-state index in [1.807, 2.05) is 6.07 Å². The fourth-order valence-corrected chi connectivity index (χ4v) is 2.36. The molecule has 3 heteroatoms. The summed E-state index contributed by atoms with van der Waals surface area (Å²) in [6.45, 7) is 8.88. The van der Waals surface area contributed by atoms with Crippen LogP contribution in [0.1, 0.15) is 41.3 Å². The van der Waals surface area contributed by atoms with Crippen molar-refractivity contribution in [1.29, 1.82) is 0 Å². The maximum Gasteiger partial charge on any atom is 0.219 e. The van der Waals surface area contributed by atoms with Crippen molar-refractivity contribution in [3.8, 4) is 11.6 Å². The molecule has 0 aliphatic rings. The van der Waals surface area contributed by atoms with Gasteiger partial charge in [-0.05, 0) is 55.5 Å². The molecule has 1 aromatic carbocycles. The molecule has 21 heavy (non-hydrogen) atoms. The van der Waals surface area contributed by atoms with Gasteiger partial charge in [-0.3, -0.25) is 0 Å². The topological polar surface area (TPSA) is 48.1 Å². The highest BCUT2D eigenvalue weighted by Gasteiger charge is 2.10. The molecule has 0 saturated carbocycles. The molecule has 0 amide bonds. The molecule has 0 fully saturated rings. The van der Waals surface area contributed by atoms with E-state index in [1.54, 1.807) is 0 Å². The Bertz CT molecular complexity index is 635. The molecule has 0 aliphatic heterocycles. The zero-order valence-electron chi connectivity index (χ0n) is 13.4. The van der Waals surface area contributed by atoms with Gasteiger partial charge in [-0.1, -0.05) is 25.5 Å². The fourth-order valence-electron chi connectivity index (χ4n) is 2.36. The van der Waals surface area contributed by atoms with Crippen LogP contribution in [0.5, 0.6) is 11.6 Å². The maximum atomic E-state index is 6.08. The van der Waals surface area contributed by atoms with Gasteiger partial charge in [0.2, 0.25) is 5.88 Å². The Morgan fingerprint density at radius 3 is 2.48 bits per heavy atom. The third-order valence-electron chi connectivity index (χ3n) is 3.74. The minimum absolute atomic E-state index is 0.501. The van der Waals surface area contributed by atoms with Crippen LogP contribution >= 0.6 is 0 Å². The van der Waals surface area contributed by atoms with Crippen molar-refractivity contribution < 1.29 is 4.74 Å². The van der Waals surface area contributed by atoms with Crippen LogP contribution < -0.4 is 10.5 Å². The lowest BCUT2D eigenvalue weighted by Gasteiger charge is -2.14. The molecule has 3 nitrogen and oxygen atoms in total. The lowest BCUT2D eigenvalue weighted by molar-refractivity contribution is 0.452. The van der Waals surface area contributed by atoms with E-state index < -0.39 is 0 Å². The van der Waals surface area contributed by atoms with Crippen LogP contribution in [0.2, 0.25) is 0 Å². The molecular weight excluding hydrogens is 260 g/mol. The minimum Gasteiger partial charge on any atom is -0.438 e. The smallest absolute Gasteiger partial charge is 0.219 e. The summed E-state index contributed by atoms with van der Waals surface area (Å²) >= 11 is 0. The summed E-state index contributed by atoms with van der Waals surface area (Å²) in [4.78, 5) is 4.60. The number of benzene rings is 1. The first-order chi connectivity index (χ1) is 10.0. The van der Waals surface area contributed by atoms with Gasteiger partial charge in [0.25, 0.3) is 0 Å². The number of rotatable bonds is 5. The number of nitrogens with zero attached hydrogens (tertiary/aromatic N) is 1. The first kappa shape index (κ1) is 15.5. The number of aryl methyl sites for hydroxylation is 3. The number of hydrogen-bond donors (Lipinski definition) is 1. The van der Waals surface area contributed by atoms with E-state index in [0.29, 0.717) is 12.4 Å². The highest BCUT2D eigenvalue weighted by molar-refractivity contribution is 5.46. The molecule has 1 heterocycles. The molecule has 0 saturated heterocycles. The maximum absolute atomic E-state index is 6.08. The molecule has 0 aliphatic carbocycles. The zero-order chi connectivity index (χ0) is 15.4. The average molecular weight is 284 g/mol. The van der Waals surface area contributed by atoms with Crippen molar-refractivity contribution in [3.05, 3.63) is 52.2 Å². The fraction of sp³-hybridized carbons (Fsp3) is 0.389. The highest BCUT2D eigenvalue weighted by atomic mass is 16.5. The lowest BCUT2D eigenvalue weighted by Crippen LogP contribution is -2.02. The van der Waals surface area contributed by atoms with Crippen LogP contribution in [0.4, 0.5) is 0 Å². The lowest BCUT2D eigenvalue weighted by atomic mass is 10.1. The summed E-state index contributed by atoms with van der Waals surface area (Å²) in [6.07, 6.45) is 2.00. The molecule has 1 aromatic heterocycles. The van der Waals surface area contributed by atoms with Crippen LogP contribution in [0.15, 0.2) is 24.3 Å². The predicted octanol–water partition coefficient (Wildman–Crippen LogP) is 4.21. The SMILES string of the molecule is CCCc1cc(CN)cc(Oc2c(C)ccc(C)c2C)n1. The van der Waals surface area contributed by atoms with E-state index in [2.05, 4.69) is 50.9 Å². The summed E-state index contributed by atoms with van der Waals surface area (Å²) in [6, 6.07) is 8.19. The van der Waals surface area contributed by atoms with E-state index in [9.17, 15) is 0 Å². The molecule has 0 unspecified atom stereocenters. The Morgan fingerprint density at radius 1 is 1.10 bits per heavy atom. The van der Waals surface area contributed by atoms with Gasteiger partial charge in [-0.2, -0.15) is 0 Å². The number of ether oxygens (including phenoxy) is 1. The van der Waals surface area contributed by atoms with Gasteiger partial charge >= 0.3 is 0 Å². The van der Waals surface area contributed by atoms with Crippen molar-refractivity contribution in [2.75, 3.05) is 0 Å². The molecule has 2 aromatic rings. The first-order valence-electron chi connectivity index (χ1n) is 7.49. The van der Waals surface area contributed by atoms with Gasteiger partial charge in [0.05, 0.1) is 0 Å². The third kappa shape index (κ3) is 3.61. The van der Waals surface area contributed by atoms with Crippen molar-refractivity contribution in [3.63, 3.8) is 0 Å². The molecule has 2 rings (SSSR count). The van der Waals surface area contributed by atoms with Crippen LogP contribution in [-0.2, 0) is 13.0 Å². The largest absolute Gasteiger partial charge is 0.438 e. The van der Waals surface area contributed by atoms with Gasteiger partial charge in [0.15, 0.2) is 0 Å². The Kier molecular flexibility index (Phi) is 4.97. The van der Waals surface area contributed by atoms with Crippen molar-refractivity contribution in [2.24, 2.45) is 5.73 Å². The van der Waals surface area contributed by atoms with Crippen molar-refractivity contribution in [2.45, 2.75) is 47.1 Å². The van der Waals surface area contributed by atoms with Gasteiger partial charge < -0.3 is 10.5 Å². The van der Waals surface area contributed by atoms with E-state index in [-0.39, 0.29) is 0 Å². The molecule has 0 atom stereocenters. The molecular formula is C18H24N2O. The van der Waals surface area contributed by atoms with Gasteiger partial charge in [-0.25, -0.2) is 4.98 Å². The normalized spacial score (nSPS) is 10.7. The average Bonchev–Trinajstić information content (AvgIpc) is 2.48. The highest BCUT2D eigenvalue weighted by Crippen LogP contribution is 2.30. The predicted molar refractivity (Wildman–Crippen MR) is 86.9 cm³/mol. The molecule has 2 N–H and O–H groups in total. The second kappa shape index (κ2) is 6.72. The van der Waals surface area contributed by atoms with Crippen LogP contribution in [-0.4, -0.2) is 4.98 Å². The summed E-state index contributed by atoms with van der Waals surface area (Å²) < 4.78 is 6.08. The first-order valence-corrected chi connectivity index (χ1v) is 7.49. The van der Waals surface area contributed by atoms with E-state index in [1.165, 1.54) is 5.56 Å². The van der Waals surface area contributed by atoms with E-state index in [0.717, 1.165) is 41.0 Å². The van der Waals surface area contributed by atoms with Crippen LogP contribution in [0.25, 0.3) is 0 Å². The number of nitrogens with two attached hydrogens (primary N) is 1. The van der Waals surface area contributed by atoms with Gasteiger partial charge in [0.1, 0.15) is 5.75 Å². The standard InChI is InChI=1S/C18H24N2O/c1-5-6-16-9-15(11-19)10-17(20-16)21-18-13(3)8-7-12(2)14(18)4/h7-10H,5-6,11,19H2,1-4H3. The number of aromatic nitrogens is 1. The quantitative estimate of drug-likeness (QED) is 0.894. The molecule has 0 radical (unpaired) electrons. The van der Waals surface area contributed by atoms with E-state index in [4.69, 9.17) is 10.5 Å².